The molecule has 0 bridgehead atoms. The molecule has 0 saturated carbocycles. The Kier molecular flexibility index (Phi) is 7.65. The van der Waals surface area contributed by atoms with E-state index in [1.165, 1.54) is 0 Å². The highest BCUT2D eigenvalue weighted by molar-refractivity contribution is 6.10. The summed E-state index contributed by atoms with van der Waals surface area (Å²) in [6.45, 7) is 3.92. The Labute approximate surface area is 234 Å². The summed E-state index contributed by atoms with van der Waals surface area (Å²) in [5, 5.41) is 6.47. The summed E-state index contributed by atoms with van der Waals surface area (Å²) in [4.78, 5) is 27.8. The first-order valence-corrected chi connectivity index (χ1v) is 13.3. The quantitative estimate of drug-likeness (QED) is 0.383. The number of methoxy groups -OCH3 is 3. The Morgan fingerprint density at radius 1 is 0.825 bits per heavy atom. The lowest BCUT2D eigenvalue weighted by atomic mass is 9.71. The van der Waals surface area contributed by atoms with E-state index in [0.29, 0.717) is 46.9 Å². The maximum absolute atomic E-state index is 13.9. The summed E-state index contributed by atoms with van der Waals surface area (Å²) in [6, 6.07) is 21.1. The molecule has 0 radical (unpaired) electrons. The van der Waals surface area contributed by atoms with E-state index < -0.39 is 5.92 Å². The molecule has 3 aromatic rings. The van der Waals surface area contributed by atoms with Crippen LogP contribution in [0.5, 0.6) is 17.2 Å². The lowest BCUT2D eigenvalue weighted by Crippen LogP contribution is -2.37. The predicted octanol–water partition coefficient (Wildman–Crippen LogP) is 6.02. The topological polar surface area (TPSA) is 85.9 Å². The third-order valence-corrected chi connectivity index (χ3v) is 7.72. The minimum atomic E-state index is -0.495. The molecule has 0 unspecified atom stereocenters. The average Bonchev–Trinajstić information content (AvgIpc) is 2.96. The highest BCUT2D eigenvalue weighted by atomic mass is 16.5. The molecule has 7 nitrogen and oxygen atoms in total. The van der Waals surface area contributed by atoms with Crippen LogP contribution in [0.1, 0.15) is 48.3 Å². The number of rotatable bonds is 7. The van der Waals surface area contributed by atoms with Crippen LogP contribution in [0.25, 0.3) is 0 Å². The van der Waals surface area contributed by atoms with E-state index >= 15 is 0 Å². The SMILES string of the molecule is COc1ccccc1NC(=O)C1=C(C)NC2=C(C(=O)C[C@H](c3ccc(OC)c(OC)c3)C2)[C@H]1c1ccc(C)cc1. The lowest BCUT2D eigenvalue weighted by molar-refractivity contribution is -0.116. The van der Waals surface area contributed by atoms with Gasteiger partial charge in [0.15, 0.2) is 17.3 Å². The number of ketones is 1. The molecule has 2 N–H and O–H groups in total. The number of Topliss-reactive ketones (excluding diaryl/α,β-unsaturated/α-hetero) is 1. The molecule has 1 amide bonds. The van der Waals surface area contributed by atoms with Crippen molar-refractivity contribution in [3.05, 3.63) is 106 Å². The highest BCUT2D eigenvalue weighted by Crippen LogP contribution is 2.46. The summed E-state index contributed by atoms with van der Waals surface area (Å²) in [5.41, 5.74) is 6.33. The Hall–Kier alpha value is -4.52. The van der Waals surface area contributed by atoms with Gasteiger partial charge < -0.3 is 24.8 Å². The molecule has 5 rings (SSSR count). The first-order valence-electron chi connectivity index (χ1n) is 13.3. The number of dihydropyridines is 1. The van der Waals surface area contributed by atoms with E-state index in [0.717, 1.165) is 28.1 Å². The van der Waals surface area contributed by atoms with Gasteiger partial charge in [0, 0.05) is 34.9 Å². The van der Waals surface area contributed by atoms with E-state index in [2.05, 4.69) is 10.6 Å². The summed E-state index contributed by atoms with van der Waals surface area (Å²) in [5.74, 6) is 1.06. The van der Waals surface area contributed by atoms with Gasteiger partial charge in [-0.25, -0.2) is 0 Å². The summed E-state index contributed by atoms with van der Waals surface area (Å²) in [6.07, 6.45) is 0.969. The Balaban J connectivity index is 1.54. The smallest absolute Gasteiger partial charge is 0.254 e. The largest absolute Gasteiger partial charge is 0.495 e. The number of hydrogen-bond acceptors (Lipinski definition) is 6. The molecule has 3 aromatic carbocycles. The van der Waals surface area contributed by atoms with Crippen LogP contribution in [0.15, 0.2) is 89.3 Å². The van der Waals surface area contributed by atoms with Gasteiger partial charge in [0.25, 0.3) is 5.91 Å². The number of amides is 1. The number of benzene rings is 3. The molecule has 1 heterocycles. The molecule has 0 saturated heterocycles. The number of ether oxygens (including phenoxy) is 3. The van der Waals surface area contributed by atoms with Crippen LogP contribution in [0, 0.1) is 6.92 Å². The number of allylic oxidation sites excluding steroid dienone is 3. The Morgan fingerprint density at radius 2 is 1.50 bits per heavy atom. The molecule has 206 valence electrons. The van der Waals surface area contributed by atoms with Gasteiger partial charge in [-0.05, 0) is 61.6 Å². The molecule has 2 atom stereocenters. The molecule has 7 heteroatoms. The zero-order valence-corrected chi connectivity index (χ0v) is 23.5. The number of aryl methyl sites for hydroxylation is 1. The van der Waals surface area contributed by atoms with E-state index in [4.69, 9.17) is 14.2 Å². The normalized spacial score (nSPS) is 18.6. The number of nitrogens with one attached hydrogen (secondary N) is 2. The van der Waals surface area contributed by atoms with Gasteiger partial charge in [-0.15, -0.1) is 0 Å². The van der Waals surface area contributed by atoms with Crippen LogP contribution in [-0.4, -0.2) is 33.0 Å². The Morgan fingerprint density at radius 3 is 2.20 bits per heavy atom. The van der Waals surface area contributed by atoms with Gasteiger partial charge in [0.05, 0.1) is 27.0 Å². The second-order valence-electron chi connectivity index (χ2n) is 10.2. The average molecular weight is 539 g/mol. The van der Waals surface area contributed by atoms with Crippen molar-refractivity contribution in [2.75, 3.05) is 26.6 Å². The third-order valence-electron chi connectivity index (χ3n) is 7.72. The van der Waals surface area contributed by atoms with Gasteiger partial charge in [-0.2, -0.15) is 0 Å². The first-order chi connectivity index (χ1) is 19.3. The van der Waals surface area contributed by atoms with Crippen LogP contribution >= 0.6 is 0 Å². The van der Waals surface area contributed by atoms with Gasteiger partial charge >= 0.3 is 0 Å². The standard InChI is InChI=1S/C33H34N2O5/c1-19-10-12-21(13-11-19)31-30(33(37)35-24-8-6-7-9-27(24)38-3)20(2)34-25-16-23(17-26(36)32(25)31)22-14-15-28(39-4)29(18-22)40-5/h6-15,18,23,31,34H,16-17H2,1-5H3,(H,35,37)/t23-,31+/m1/s1. The van der Waals surface area contributed by atoms with Gasteiger partial charge in [0.2, 0.25) is 0 Å². The van der Waals surface area contributed by atoms with Crippen LogP contribution in [-0.2, 0) is 9.59 Å². The van der Waals surface area contributed by atoms with Crippen molar-refractivity contribution in [1.82, 2.24) is 5.32 Å². The molecule has 0 aromatic heterocycles. The van der Waals surface area contributed by atoms with Crippen molar-refractivity contribution in [3.8, 4) is 17.2 Å². The number of carbonyl (C=O) groups excluding carboxylic acids is 2. The molecule has 1 aliphatic carbocycles. The fourth-order valence-electron chi connectivity index (χ4n) is 5.71. The number of carbonyl (C=O) groups is 2. The predicted molar refractivity (Wildman–Crippen MR) is 155 cm³/mol. The van der Waals surface area contributed by atoms with Crippen molar-refractivity contribution < 1.29 is 23.8 Å². The summed E-state index contributed by atoms with van der Waals surface area (Å²) >= 11 is 0. The zero-order valence-electron chi connectivity index (χ0n) is 23.5. The number of para-hydroxylation sites is 2. The van der Waals surface area contributed by atoms with E-state index in [1.54, 1.807) is 33.5 Å². The lowest BCUT2D eigenvalue weighted by Gasteiger charge is -2.37. The zero-order chi connectivity index (χ0) is 28.4. The number of hydrogen-bond donors (Lipinski definition) is 2. The minimum absolute atomic E-state index is 0.0224. The molecule has 0 spiro atoms. The van der Waals surface area contributed by atoms with Crippen molar-refractivity contribution in [2.24, 2.45) is 0 Å². The van der Waals surface area contributed by atoms with Gasteiger partial charge in [-0.3, -0.25) is 9.59 Å². The molecule has 2 aliphatic rings. The van der Waals surface area contributed by atoms with E-state index in [1.807, 2.05) is 68.4 Å². The van der Waals surface area contributed by atoms with Crippen molar-refractivity contribution in [2.45, 2.75) is 38.5 Å². The molecule has 1 aliphatic heterocycles. The van der Waals surface area contributed by atoms with Gasteiger partial charge in [0.1, 0.15) is 5.75 Å². The second-order valence-corrected chi connectivity index (χ2v) is 10.2. The maximum Gasteiger partial charge on any atom is 0.254 e. The first kappa shape index (κ1) is 27.1. The third kappa shape index (κ3) is 5.07. The monoisotopic (exact) mass is 538 g/mol. The fourth-order valence-corrected chi connectivity index (χ4v) is 5.71. The van der Waals surface area contributed by atoms with Crippen molar-refractivity contribution in [3.63, 3.8) is 0 Å². The molecular formula is C33H34N2O5. The minimum Gasteiger partial charge on any atom is -0.495 e. The Bertz CT molecular complexity index is 1520. The molecule has 0 fully saturated rings. The molecular weight excluding hydrogens is 504 g/mol. The number of anilines is 1. The van der Waals surface area contributed by atoms with E-state index in [-0.39, 0.29) is 17.6 Å². The second kappa shape index (κ2) is 11.3. The fraction of sp³-hybridized carbons (Fsp3) is 0.273. The summed E-state index contributed by atoms with van der Waals surface area (Å²) in [7, 11) is 4.78. The van der Waals surface area contributed by atoms with Gasteiger partial charge in [-0.1, -0.05) is 48.0 Å². The van der Waals surface area contributed by atoms with Crippen LogP contribution in [0.4, 0.5) is 5.69 Å². The van der Waals surface area contributed by atoms with Crippen LogP contribution in [0.3, 0.4) is 0 Å². The molecule has 40 heavy (non-hydrogen) atoms. The summed E-state index contributed by atoms with van der Waals surface area (Å²) < 4.78 is 16.4. The van der Waals surface area contributed by atoms with E-state index in [9.17, 15) is 9.59 Å². The maximum atomic E-state index is 13.9. The van der Waals surface area contributed by atoms with Crippen LogP contribution < -0.4 is 24.8 Å². The highest BCUT2D eigenvalue weighted by Gasteiger charge is 2.41. The van der Waals surface area contributed by atoms with Crippen molar-refractivity contribution in [1.29, 1.82) is 0 Å². The van der Waals surface area contributed by atoms with Crippen LogP contribution in [0.2, 0.25) is 0 Å². The van der Waals surface area contributed by atoms with Crippen molar-refractivity contribution >= 4 is 17.4 Å².